The molecule has 256 valence electrons. The zero-order valence-electron chi connectivity index (χ0n) is 28.7. The lowest BCUT2D eigenvalue weighted by Crippen LogP contribution is -2.37. The monoisotopic (exact) mass is 603 g/mol. The van der Waals surface area contributed by atoms with Crippen molar-refractivity contribution >= 4 is 0 Å². The summed E-state index contributed by atoms with van der Waals surface area (Å²) in [6, 6.07) is 0. The van der Waals surface area contributed by atoms with Crippen LogP contribution in [-0.4, -0.2) is 60.1 Å². The Balaban J connectivity index is 0. The molecule has 0 spiro atoms. The van der Waals surface area contributed by atoms with E-state index in [1.165, 1.54) is 180 Å². The van der Waals surface area contributed by atoms with Crippen molar-refractivity contribution < 1.29 is 25.2 Å². The SMILES string of the molecule is CCCCCCCCCCCCCCCCOCCCCCCCCCCCCCCCC.OCC(CO)(CO)CO. The van der Waals surface area contributed by atoms with E-state index in [-0.39, 0.29) is 0 Å². The average Bonchev–Trinajstić information content (AvgIpc) is 3.02. The Hall–Kier alpha value is -0.200. The van der Waals surface area contributed by atoms with Crippen molar-refractivity contribution in [2.45, 2.75) is 194 Å². The molecule has 0 saturated heterocycles. The van der Waals surface area contributed by atoms with Crippen LogP contribution >= 0.6 is 0 Å². The Morgan fingerprint density at radius 2 is 0.500 bits per heavy atom. The van der Waals surface area contributed by atoms with Crippen molar-refractivity contribution in [3.05, 3.63) is 0 Å². The fourth-order valence-corrected chi connectivity index (χ4v) is 5.20. The zero-order chi connectivity index (χ0) is 31.2. The first-order valence-electron chi connectivity index (χ1n) is 18.7. The molecular formula is C37H78O5. The van der Waals surface area contributed by atoms with E-state index in [0.29, 0.717) is 0 Å². The summed E-state index contributed by atoms with van der Waals surface area (Å²) in [4.78, 5) is 0. The van der Waals surface area contributed by atoms with E-state index in [4.69, 9.17) is 25.2 Å². The van der Waals surface area contributed by atoms with Crippen molar-refractivity contribution in [2.75, 3.05) is 39.6 Å². The molecule has 0 saturated carbocycles. The first kappa shape index (κ1) is 43.9. The molecule has 0 bridgehead atoms. The molecule has 5 heteroatoms. The van der Waals surface area contributed by atoms with E-state index in [1.807, 2.05) is 0 Å². The maximum absolute atomic E-state index is 8.50. The van der Waals surface area contributed by atoms with Crippen LogP contribution in [0.5, 0.6) is 0 Å². The van der Waals surface area contributed by atoms with E-state index in [0.717, 1.165) is 13.2 Å². The average molecular weight is 603 g/mol. The number of aliphatic hydroxyl groups is 4. The molecule has 0 aromatic rings. The number of unbranched alkanes of at least 4 members (excludes halogenated alkanes) is 26. The summed E-state index contributed by atoms with van der Waals surface area (Å²) >= 11 is 0. The molecule has 0 aliphatic heterocycles. The van der Waals surface area contributed by atoms with E-state index in [1.54, 1.807) is 0 Å². The van der Waals surface area contributed by atoms with Crippen LogP contribution in [0.3, 0.4) is 0 Å². The second-order valence-electron chi connectivity index (χ2n) is 12.9. The molecule has 0 fully saturated rings. The Bertz CT molecular complexity index is 408. The summed E-state index contributed by atoms with van der Waals surface area (Å²) in [5.41, 5.74) is -1.11. The predicted octanol–water partition coefficient (Wildman–Crippen LogP) is 9.91. The van der Waals surface area contributed by atoms with Gasteiger partial charge in [-0.3, -0.25) is 0 Å². The minimum atomic E-state index is -1.11. The minimum absolute atomic E-state index is 0.406. The minimum Gasteiger partial charge on any atom is -0.396 e. The summed E-state index contributed by atoms with van der Waals surface area (Å²) in [5, 5.41) is 34.0. The molecule has 0 rings (SSSR count). The van der Waals surface area contributed by atoms with Crippen molar-refractivity contribution in [1.29, 1.82) is 0 Å². The van der Waals surface area contributed by atoms with Crippen molar-refractivity contribution in [2.24, 2.45) is 5.41 Å². The molecule has 0 unspecified atom stereocenters. The number of rotatable bonds is 34. The normalized spacial score (nSPS) is 11.6. The van der Waals surface area contributed by atoms with Gasteiger partial charge in [-0.1, -0.05) is 181 Å². The topological polar surface area (TPSA) is 90.2 Å². The summed E-state index contributed by atoms with van der Waals surface area (Å²) in [6.45, 7) is 4.97. The molecule has 5 nitrogen and oxygen atoms in total. The van der Waals surface area contributed by atoms with E-state index < -0.39 is 31.8 Å². The molecule has 0 aromatic heterocycles. The van der Waals surface area contributed by atoms with Gasteiger partial charge < -0.3 is 25.2 Å². The van der Waals surface area contributed by atoms with Crippen LogP contribution < -0.4 is 0 Å². The quantitative estimate of drug-likeness (QED) is 0.0550. The molecule has 0 radical (unpaired) electrons. The highest BCUT2D eigenvalue weighted by molar-refractivity contribution is 4.75. The van der Waals surface area contributed by atoms with Gasteiger partial charge in [0, 0.05) is 13.2 Å². The van der Waals surface area contributed by atoms with Crippen molar-refractivity contribution in [3.63, 3.8) is 0 Å². The highest BCUT2D eigenvalue weighted by atomic mass is 16.5. The van der Waals surface area contributed by atoms with E-state index in [9.17, 15) is 0 Å². The van der Waals surface area contributed by atoms with Gasteiger partial charge >= 0.3 is 0 Å². The van der Waals surface area contributed by atoms with Gasteiger partial charge in [0.25, 0.3) is 0 Å². The predicted molar refractivity (Wildman–Crippen MR) is 182 cm³/mol. The van der Waals surface area contributed by atoms with Gasteiger partial charge in [-0.05, 0) is 12.8 Å². The van der Waals surface area contributed by atoms with Gasteiger partial charge in [-0.15, -0.1) is 0 Å². The van der Waals surface area contributed by atoms with Crippen LogP contribution in [0.15, 0.2) is 0 Å². The lowest BCUT2D eigenvalue weighted by Gasteiger charge is -2.23. The van der Waals surface area contributed by atoms with E-state index in [2.05, 4.69) is 13.8 Å². The van der Waals surface area contributed by atoms with Crippen LogP contribution in [0.1, 0.15) is 194 Å². The van der Waals surface area contributed by atoms with Crippen LogP contribution in [0.25, 0.3) is 0 Å². The summed E-state index contributed by atoms with van der Waals surface area (Å²) in [7, 11) is 0. The first-order chi connectivity index (χ1) is 20.7. The van der Waals surface area contributed by atoms with Gasteiger partial charge in [0.15, 0.2) is 0 Å². The fraction of sp³-hybridized carbons (Fsp3) is 1.00. The third kappa shape index (κ3) is 34.3. The smallest absolute Gasteiger partial charge is 0.0627 e. The van der Waals surface area contributed by atoms with Crippen molar-refractivity contribution in [1.82, 2.24) is 0 Å². The van der Waals surface area contributed by atoms with Gasteiger partial charge in [0.1, 0.15) is 0 Å². The van der Waals surface area contributed by atoms with Gasteiger partial charge in [-0.2, -0.15) is 0 Å². The third-order valence-electron chi connectivity index (χ3n) is 8.63. The zero-order valence-corrected chi connectivity index (χ0v) is 28.7. The van der Waals surface area contributed by atoms with Crippen LogP contribution in [0.2, 0.25) is 0 Å². The second kappa shape index (κ2) is 38.8. The molecule has 42 heavy (non-hydrogen) atoms. The number of hydrogen-bond donors (Lipinski definition) is 4. The molecule has 0 aliphatic carbocycles. The molecule has 0 aromatic carbocycles. The van der Waals surface area contributed by atoms with Gasteiger partial charge in [-0.25, -0.2) is 0 Å². The molecule has 0 aliphatic rings. The number of ether oxygens (including phenoxy) is 1. The largest absolute Gasteiger partial charge is 0.396 e. The maximum Gasteiger partial charge on any atom is 0.0627 e. The molecule has 0 amide bonds. The Morgan fingerprint density at radius 1 is 0.310 bits per heavy atom. The van der Waals surface area contributed by atoms with Gasteiger partial charge in [0.05, 0.1) is 31.8 Å². The lowest BCUT2D eigenvalue weighted by molar-refractivity contribution is -0.0328. The lowest BCUT2D eigenvalue weighted by atomic mass is 9.93. The molecule has 4 N–H and O–H groups in total. The standard InChI is InChI=1S/C32H66O.C5H12O4/c1-3-5-7-9-11-13-15-17-19-21-23-25-27-29-31-33-32-30-28-26-24-22-20-18-16-14-12-10-8-6-4-2;6-1-5(2-7,3-8)4-9/h3-32H2,1-2H3;6-9H,1-4H2. The third-order valence-corrected chi connectivity index (χ3v) is 8.63. The maximum atomic E-state index is 8.50. The molecule has 0 atom stereocenters. The fourth-order valence-electron chi connectivity index (χ4n) is 5.20. The van der Waals surface area contributed by atoms with Gasteiger partial charge in [0.2, 0.25) is 0 Å². The van der Waals surface area contributed by atoms with E-state index >= 15 is 0 Å². The highest BCUT2D eigenvalue weighted by Gasteiger charge is 2.26. The first-order valence-corrected chi connectivity index (χ1v) is 18.7. The van der Waals surface area contributed by atoms with Crippen molar-refractivity contribution in [3.8, 4) is 0 Å². The number of aliphatic hydroxyl groups excluding tert-OH is 4. The Kier molecular flexibility index (Phi) is 40.6. The Labute approximate surface area is 263 Å². The summed E-state index contributed by atoms with van der Waals surface area (Å²) < 4.78 is 5.85. The van der Waals surface area contributed by atoms with Crippen LogP contribution in [0.4, 0.5) is 0 Å². The summed E-state index contributed by atoms with van der Waals surface area (Å²) in [6.07, 6.45) is 40.1. The highest BCUT2D eigenvalue weighted by Crippen LogP contribution is 2.15. The van der Waals surface area contributed by atoms with Crippen LogP contribution in [-0.2, 0) is 4.74 Å². The number of hydrogen-bond acceptors (Lipinski definition) is 5. The Morgan fingerprint density at radius 3 is 0.667 bits per heavy atom. The second-order valence-corrected chi connectivity index (χ2v) is 12.9. The summed E-state index contributed by atoms with van der Waals surface area (Å²) in [5.74, 6) is 0. The van der Waals surface area contributed by atoms with Crippen LogP contribution in [0, 0.1) is 5.41 Å². The molecular weight excluding hydrogens is 524 g/mol. The molecule has 0 heterocycles.